The van der Waals surface area contributed by atoms with Crippen molar-refractivity contribution < 1.29 is 9.26 Å². The van der Waals surface area contributed by atoms with Gasteiger partial charge in [-0.2, -0.15) is 0 Å². The molecule has 0 aliphatic carbocycles. The number of nitrogens with zero attached hydrogens (tertiary/aromatic N) is 1. The molecule has 1 heterocycles. The molecule has 13 heavy (non-hydrogen) atoms. The Kier molecular flexibility index (Phi) is 2.76. The van der Waals surface area contributed by atoms with Crippen molar-refractivity contribution in [2.75, 3.05) is 7.11 Å². The maximum absolute atomic E-state index is 5.16. The van der Waals surface area contributed by atoms with E-state index in [-0.39, 0.29) is 0 Å². The molecule has 0 unspecified atom stereocenters. The summed E-state index contributed by atoms with van der Waals surface area (Å²) in [5.74, 6) is 1.74. The van der Waals surface area contributed by atoms with E-state index in [1.54, 1.807) is 7.11 Å². The summed E-state index contributed by atoms with van der Waals surface area (Å²) in [7, 11) is 1.66. The lowest BCUT2D eigenvalue weighted by atomic mass is 10.1. The third-order valence-electron chi connectivity index (χ3n) is 2.24. The molecule has 0 aromatic carbocycles. The van der Waals surface area contributed by atoms with Crippen LogP contribution in [-0.2, 0) is 4.74 Å². The second-order valence-electron chi connectivity index (χ2n) is 3.08. The normalized spacial score (nSPS) is 12.7. The van der Waals surface area contributed by atoms with Gasteiger partial charge < -0.3 is 9.26 Å². The van der Waals surface area contributed by atoms with E-state index in [0.717, 1.165) is 28.3 Å². The van der Waals surface area contributed by atoms with Crippen LogP contribution < -0.4 is 0 Å². The molecule has 0 spiro atoms. The Morgan fingerprint density at radius 1 is 1.31 bits per heavy atom. The van der Waals surface area contributed by atoms with Gasteiger partial charge in [0.1, 0.15) is 5.76 Å². The number of allylic oxidation sites excluding steroid dienone is 2. The molecule has 0 saturated carbocycles. The summed E-state index contributed by atoms with van der Waals surface area (Å²) in [4.78, 5) is 0. The Morgan fingerprint density at radius 3 is 2.31 bits per heavy atom. The van der Waals surface area contributed by atoms with Crippen LogP contribution >= 0.6 is 0 Å². The maximum atomic E-state index is 5.16. The second kappa shape index (κ2) is 3.64. The van der Waals surface area contributed by atoms with E-state index in [4.69, 9.17) is 9.26 Å². The minimum atomic E-state index is 0.839. The Bertz CT molecular complexity index is 317. The zero-order chi connectivity index (χ0) is 10.0. The van der Waals surface area contributed by atoms with Gasteiger partial charge in [0.05, 0.1) is 18.6 Å². The van der Waals surface area contributed by atoms with Crippen molar-refractivity contribution in [1.82, 2.24) is 5.16 Å². The fourth-order valence-electron chi connectivity index (χ4n) is 1.35. The van der Waals surface area contributed by atoms with Gasteiger partial charge in [0.15, 0.2) is 0 Å². The molecule has 1 aromatic rings. The molecule has 0 bridgehead atoms. The van der Waals surface area contributed by atoms with Crippen molar-refractivity contribution in [2.45, 2.75) is 27.7 Å². The SMILES string of the molecule is CO/C(C)=C(/C)c1c(C)noc1C. The Hall–Kier alpha value is -1.25. The molecule has 0 radical (unpaired) electrons. The summed E-state index contributed by atoms with van der Waals surface area (Å²) in [6.07, 6.45) is 0. The molecular weight excluding hydrogens is 166 g/mol. The minimum Gasteiger partial charge on any atom is -0.501 e. The highest BCUT2D eigenvalue weighted by Gasteiger charge is 2.12. The van der Waals surface area contributed by atoms with Gasteiger partial charge in [-0.05, 0) is 33.3 Å². The van der Waals surface area contributed by atoms with Gasteiger partial charge in [-0.15, -0.1) is 0 Å². The summed E-state index contributed by atoms with van der Waals surface area (Å²) >= 11 is 0. The van der Waals surface area contributed by atoms with Crippen molar-refractivity contribution in [1.29, 1.82) is 0 Å². The van der Waals surface area contributed by atoms with E-state index in [0.29, 0.717) is 0 Å². The third-order valence-corrected chi connectivity index (χ3v) is 2.24. The summed E-state index contributed by atoms with van der Waals surface area (Å²) in [5, 5.41) is 3.89. The number of hydrogen-bond donors (Lipinski definition) is 0. The van der Waals surface area contributed by atoms with E-state index < -0.39 is 0 Å². The number of rotatable bonds is 2. The maximum Gasteiger partial charge on any atom is 0.141 e. The number of ether oxygens (including phenoxy) is 1. The lowest BCUT2D eigenvalue weighted by Crippen LogP contribution is -1.90. The van der Waals surface area contributed by atoms with Gasteiger partial charge in [0, 0.05) is 5.56 Å². The molecule has 0 atom stereocenters. The molecule has 0 aliphatic heterocycles. The highest BCUT2D eigenvalue weighted by molar-refractivity contribution is 5.68. The molecule has 0 amide bonds. The average molecular weight is 181 g/mol. The highest BCUT2D eigenvalue weighted by atomic mass is 16.5. The van der Waals surface area contributed by atoms with Crippen LogP contribution in [0.1, 0.15) is 30.9 Å². The molecule has 3 heteroatoms. The number of hydrogen-bond acceptors (Lipinski definition) is 3. The van der Waals surface area contributed by atoms with Crippen LogP contribution in [0.15, 0.2) is 10.3 Å². The van der Waals surface area contributed by atoms with Crippen LogP contribution in [0.3, 0.4) is 0 Å². The highest BCUT2D eigenvalue weighted by Crippen LogP contribution is 2.24. The smallest absolute Gasteiger partial charge is 0.141 e. The van der Waals surface area contributed by atoms with Crippen LogP contribution in [0.25, 0.3) is 5.57 Å². The van der Waals surface area contributed by atoms with Gasteiger partial charge in [-0.25, -0.2) is 0 Å². The van der Waals surface area contributed by atoms with Gasteiger partial charge in [-0.1, -0.05) is 5.16 Å². The van der Waals surface area contributed by atoms with Crippen molar-refractivity contribution in [3.05, 3.63) is 22.8 Å². The molecule has 3 nitrogen and oxygen atoms in total. The average Bonchev–Trinajstić information content (AvgIpc) is 2.44. The Morgan fingerprint density at radius 2 is 1.92 bits per heavy atom. The van der Waals surface area contributed by atoms with Crippen LogP contribution in [0.5, 0.6) is 0 Å². The topological polar surface area (TPSA) is 35.3 Å². The van der Waals surface area contributed by atoms with Crippen LogP contribution in [0, 0.1) is 13.8 Å². The predicted molar refractivity (Wildman–Crippen MR) is 51.3 cm³/mol. The first kappa shape index (κ1) is 9.84. The monoisotopic (exact) mass is 181 g/mol. The second-order valence-corrected chi connectivity index (χ2v) is 3.08. The third kappa shape index (κ3) is 1.74. The lowest BCUT2D eigenvalue weighted by Gasteiger charge is -2.05. The van der Waals surface area contributed by atoms with Gasteiger partial charge in [-0.3, -0.25) is 0 Å². The van der Waals surface area contributed by atoms with Crippen LogP contribution in [-0.4, -0.2) is 12.3 Å². The van der Waals surface area contributed by atoms with Crippen molar-refractivity contribution >= 4 is 5.57 Å². The summed E-state index contributed by atoms with van der Waals surface area (Å²) in [6, 6.07) is 0. The van der Waals surface area contributed by atoms with Gasteiger partial charge in [0.25, 0.3) is 0 Å². The zero-order valence-corrected chi connectivity index (χ0v) is 8.76. The molecular formula is C10H15NO2. The first-order chi connectivity index (χ1) is 6.07. The fourth-order valence-corrected chi connectivity index (χ4v) is 1.35. The Balaban J connectivity index is 3.22. The number of methoxy groups -OCH3 is 1. The molecule has 0 saturated heterocycles. The van der Waals surface area contributed by atoms with Crippen LogP contribution in [0.4, 0.5) is 0 Å². The van der Waals surface area contributed by atoms with E-state index >= 15 is 0 Å². The zero-order valence-electron chi connectivity index (χ0n) is 8.76. The van der Waals surface area contributed by atoms with Crippen molar-refractivity contribution in [2.24, 2.45) is 0 Å². The molecule has 0 aliphatic rings. The minimum absolute atomic E-state index is 0.839. The quantitative estimate of drug-likeness (QED) is 0.658. The first-order valence-corrected chi connectivity index (χ1v) is 4.22. The lowest BCUT2D eigenvalue weighted by molar-refractivity contribution is 0.295. The van der Waals surface area contributed by atoms with E-state index in [1.807, 2.05) is 27.7 Å². The van der Waals surface area contributed by atoms with Gasteiger partial charge >= 0.3 is 0 Å². The number of aromatic nitrogens is 1. The van der Waals surface area contributed by atoms with E-state index in [9.17, 15) is 0 Å². The Labute approximate surface area is 78.4 Å². The summed E-state index contributed by atoms with van der Waals surface area (Å²) in [5.41, 5.74) is 3.05. The van der Waals surface area contributed by atoms with Gasteiger partial charge in [0.2, 0.25) is 0 Å². The molecule has 1 rings (SSSR count). The molecule has 1 aromatic heterocycles. The van der Waals surface area contributed by atoms with Crippen LogP contribution in [0.2, 0.25) is 0 Å². The molecule has 0 N–H and O–H groups in total. The largest absolute Gasteiger partial charge is 0.501 e. The van der Waals surface area contributed by atoms with E-state index in [1.165, 1.54) is 0 Å². The number of aryl methyl sites for hydroxylation is 2. The van der Waals surface area contributed by atoms with Crippen molar-refractivity contribution in [3.8, 4) is 0 Å². The molecule has 0 fully saturated rings. The first-order valence-electron chi connectivity index (χ1n) is 4.22. The van der Waals surface area contributed by atoms with E-state index in [2.05, 4.69) is 5.16 Å². The predicted octanol–water partition coefficient (Wildman–Crippen LogP) is 2.69. The summed E-state index contributed by atoms with van der Waals surface area (Å²) in [6.45, 7) is 7.77. The standard InChI is InChI=1S/C10H15NO2/c1-6(8(3)12-5)10-7(2)11-13-9(10)4/h1-5H3/b8-6-. The molecule has 72 valence electrons. The summed E-state index contributed by atoms with van der Waals surface area (Å²) < 4.78 is 10.2. The fraction of sp³-hybridized carbons (Fsp3) is 0.500. The van der Waals surface area contributed by atoms with Crippen molar-refractivity contribution in [3.63, 3.8) is 0 Å².